The molecule has 2 aromatic carbocycles. The molecule has 0 saturated heterocycles. The molecule has 2 aromatic rings. The number of allylic oxidation sites excluding steroid dienone is 1. The van der Waals surface area contributed by atoms with Gasteiger partial charge in [-0.2, -0.15) is 5.26 Å². The number of ether oxygens (including phenoxy) is 3. The van der Waals surface area contributed by atoms with E-state index in [1.165, 1.54) is 13.2 Å². The number of carbonyl (C=O) groups is 1. The molecule has 2 rings (SSSR count). The third-order valence-corrected chi connectivity index (χ3v) is 3.68. The molecule has 0 aliphatic rings. The lowest BCUT2D eigenvalue weighted by molar-refractivity contribution is -0.141. The zero-order chi connectivity index (χ0) is 18.2. The number of nitrogens with zero attached hydrogens (tertiary/aromatic N) is 1. The fourth-order valence-corrected chi connectivity index (χ4v) is 2.37. The Morgan fingerprint density at radius 1 is 1.24 bits per heavy atom. The maximum Gasteiger partial charge on any atom is 0.352 e. The first-order valence-corrected chi connectivity index (χ1v) is 8.21. The van der Waals surface area contributed by atoms with Gasteiger partial charge >= 0.3 is 5.97 Å². The second-order valence-corrected chi connectivity index (χ2v) is 5.93. The molecule has 0 bridgehead atoms. The molecule has 5 nitrogen and oxygen atoms in total. The van der Waals surface area contributed by atoms with Crippen LogP contribution in [0, 0.1) is 11.3 Å². The highest BCUT2D eigenvalue weighted by atomic mass is 79.9. The average Bonchev–Trinajstić information content (AvgIpc) is 2.60. The molecule has 128 valence electrons. The van der Waals surface area contributed by atoms with Gasteiger partial charge in [-0.3, -0.25) is 0 Å². The van der Waals surface area contributed by atoms with Crippen molar-refractivity contribution in [3.05, 3.63) is 58.6 Å². The SMILES string of the molecule is COc1cc(/C=C\C#N)ccc1OC(=O)C(C)Oc1cccc(Br)c1. The Balaban J connectivity index is 2.08. The van der Waals surface area contributed by atoms with Crippen molar-refractivity contribution in [2.45, 2.75) is 13.0 Å². The standard InChI is InChI=1S/C19H16BrNO4/c1-13(24-16-7-3-6-15(20)12-16)19(22)25-17-9-8-14(5-4-10-21)11-18(17)23-2/h3-9,11-13H,1-2H3/b5-4-. The van der Waals surface area contributed by atoms with Gasteiger partial charge in [0.1, 0.15) is 5.75 Å². The summed E-state index contributed by atoms with van der Waals surface area (Å²) in [5, 5.41) is 8.57. The highest BCUT2D eigenvalue weighted by Crippen LogP contribution is 2.29. The zero-order valence-electron chi connectivity index (χ0n) is 13.7. The second kappa shape index (κ2) is 8.90. The molecule has 0 N–H and O–H groups in total. The molecule has 0 radical (unpaired) electrons. The summed E-state index contributed by atoms with van der Waals surface area (Å²) in [5.74, 6) is 0.691. The number of halogens is 1. The van der Waals surface area contributed by atoms with Gasteiger partial charge < -0.3 is 14.2 Å². The Bertz CT molecular complexity index is 826. The highest BCUT2D eigenvalue weighted by Gasteiger charge is 2.19. The van der Waals surface area contributed by atoms with E-state index < -0.39 is 12.1 Å². The number of esters is 1. The molecule has 0 spiro atoms. The van der Waals surface area contributed by atoms with E-state index in [4.69, 9.17) is 19.5 Å². The fraction of sp³-hybridized carbons (Fsp3) is 0.158. The van der Waals surface area contributed by atoms with E-state index in [2.05, 4.69) is 15.9 Å². The van der Waals surface area contributed by atoms with Gasteiger partial charge in [-0.1, -0.05) is 28.1 Å². The van der Waals surface area contributed by atoms with Crippen molar-refractivity contribution >= 4 is 28.0 Å². The van der Waals surface area contributed by atoms with E-state index in [1.54, 1.807) is 43.3 Å². The first-order chi connectivity index (χ1) is 12.0. The minimum absolute atomic E-state index is 0.284. The first kappa shape index (κ1) is 18.6. The predicted octanol–water partition coefficient (Wildman–Crippen LogP) is 4.37. The largest absolute Gasteiger partial charge is 0.493 e. The molecular weight excluding hydrogens is 386 g/mol. The van der Waals surface area contributed by atoms with E-state index in [9.17, 15) is 4.79 Å². The monoisotopic (exact) mass is 401 g/mol. The van der Waals surface area contributed by atoms with Crippen LogP contribution < -0.4 is 14.2 Å². The van der Waals surface area contributed by atoms with Crippen LogP contribution in [-0.2, 0) is 4.79 Å². The summed E-state index contributed by atoms with van der Waals surface area (Å²) >= 11 is 3.35. The molecule has 1 atom stereocenters. The van der Waals surface area contributed by atoms with Gasteiger partial charge in [0.25, 0.3) is 0 Å². The van der Waals surface area contributed by atoms with Crippen molar-refractivity contribution in [1.29, 1.82) is 5.26 Å². The number of hydrogen-bond donors (Lipinski definition) is 0. The van der Waals surface area contributed by atoms with Crippen molar-refractivity contribution in [2.75, 3.05) is 7.11 Å². The van der Waals surface area contributed by atoms with Gasteiger partial charge in [0.2, 0.25) is 0 Å². The molecule has 0 amide bonds. The summed E-state index contributed by atoms with van der Waals surface area (Å²) in [4.78, 5) is 12.3. The molecule has 1 unspecified atom stereocenters. The van der Waals surface area contributed by atoms with E-state index in [0.717, 1.165) is 10.0 Å². The van der Waals surface area contributed by atoms with E-state index >= 15 is 0 Å². The van der Waals surface area contributed by atoms with Crippen LogP contribution in [0.4, 0.5) is 0 Å². The predicted molar refractivity (Wildman–Crippen MR) is 97.5 cm³/mol. The van der Waals surface area contributed by atoms with Gasteiger partial charge in [0.15, 0.2) is 17.6 Å². The average molecular weight is 402 g/mol. The molecule has 0 aliphatic heterocycles. The lowest BCUT2D eigenvalue weighted by Crippen LogP contribution is -2.28. The first-order valence-electron chi connectivity index (χ1n) is 7.41. The van der Waals surface area contributed by atoms with Crippen LogP contribution in [-0.4, -0.2) is 19.2 Å². The summed E-state index contributed by atoms with van der Waals surface area (Å²) in [6.07, 6.45) is 2.19. The van der Waals surface area contributed by atoms with Crippen LogP contribution in [0.2, 0.25) is 0 Å². The minimum Gasteiger partial charge on any atom is -0.493 e. The van der Waals surface area contributed by atoms with Crippen molar-refractivity contribution < 1.29 is 19.0 Å². The Hall–Kier alpha value is -2.78. The molecule has 0 fully saturated rings. The summed E-state index contributed by atoms with van der Waals surface area (Å²) in [6, 6.07) is 14.1. The van der Waals surface area contributed by atoms with Gasteiger partial charge in [-0.05, 0) is 48.9 Å². The number of rotatable bonds is 6. The van der Waals surface area contributed by atoms with Crippen molar-refractivity contribution in [1.82, 2.24) is 0 Å². The third kappa shape index (κ3) is 5.37. The van der Waals surface area contributed by atoms with Gasteiger partial charge in [-0.25, -0.2) is 4.79 Å². The Morgan fingerprint density at radius 3 is 2.72 bits per heavy atom. The number of benzene rings is 2. The molecule has 0 aromatic heterocycles. The van der Waals surface area contributed by atoms with Crippen LogP contribution in [0.5, 0.6) is 17.2 Å². The fourth-order valence-electron chi connectivity index (χ4n) is 1.99. The molecule has 0 saturated carbocycles. The summed E-state index contributed by atoms with van der Waals surface area (Å²) in [5.41, 5.74) is 0.761. The topological polar surface area (TPSA) is 68.5 Å². The van der Waals surface area contributed by atoms with Crippen LogP contribution in [0.15, 0.2) is 53.0 Å². The Morgan fingerprint density at radius 2 is 2.04 bits per heavy atom. The zero-order valence-corrected chi connectivity index (χ0v) is 15.3. The van der Waals surface area contributed by atoms with Crippen LogP contribution >= 0.6 is 15.9 Å². The maximum atomic E-state index is 12.3. The van der Waals surface area contributed by atoms with Gasteiger partial charge in [0, 0.05) is 10.5 Å². The van der Waals surface area contributed by atoms with E-state index in [1.807, 2.05) is 18.2 Å². The van der Waals surface area contributed by atoms with Crippen molar-refractivity contribution in [3.8, 4) is 23.3 Å². The molecule has 0 heterocycles. The number of nitriles is 1. The lowest BCUT2D eigenvalue weighted by Gasteiger charge is -2.15. The van der Waals surface area contributed by atoms with Crippen LogP contribution in [0.1, 0.15) is 12.5 Å². The summed E-state index contributed by atoms with van der Waals surface area (Å²) < 4.78 is 17.1. The number of carbonyl (C=O) groups excluding carboxylic acids is 1. The van der Waals surface area contributed by atoms with Gasteiger partial charge in [-0.15, -0.1) is 0 Å². The number of methoxy groups -OCH3 is 1. The maximum absolute atomic E-state index is 12.3. The number of hydrogen-bond acceptors (Lipinski definition) is 5. The summed E-state index contributed by atoms with van der Waals surface area (Å²) in [7, 11) is 1.48. The van der Waals surface area contributed by atoms with Crippen LogP contribution in [0.25, 0.3) is 6.08 Å². The lowest BCUT2D eigenvalue weighted by atomic mass is 10.2. The Labute approximate surface area is 154 Å². The van der Waals surface area contributed by atoms with Crippen molar-refractivity contribution in [3.63, 3.8) is 0 Å². The second-order valence-electron chi connectivity index (χ2n) is 5.01. The quantitative estimate of drug-likeness (QED) is 0.408. The third-order valence-electron chi connectivity index (χ3n) is 3.19. The summed E-state index contributed by atoms with van der Waals surface area (Å²) in [6.45, 7) is 1.61. The Kier molecular flexibility index (Phi) is 6.61. The van der Waals surface area contributed by atoms with E-state index in [0.29, 0.717) is 11.5 Å². The minimum atomic E-state index is -0.794. The van der Waals surface area contributed by atoms with Crippen LogP contribution in [0.3, 0.4) is 0 Å². The van der Waals surface area contributed by atoms with Gasteiger partial charge in [0.05, 0.1) is 13.2 Å². The smallest absolute Gasteiger partial charge is 0.352 e. The molecule has 6 heteroatoms. The molecule has 25 heavy (non-hydrogen) atoms. The normalized spacial score (nSPS) is 11.6. The highest BCUT2D eigenvalue weighted by molar-refractivity contribution is 9.10. The molecular formula is C19H16BrNO4. The molecule has 0 aliphatic carbocycles. The van der Waals surface area contributed by atoms with Crippen molar-refractivity contribution in [2.24, 2.45) is 0 Å². The van der Waals surface area contributed by atoms with E-state index in [-0.39, 0.29) is 5.75 Å².